The number of rotatable bonds is 6. The molecule has 0 unspecified atom stereocenters. The maximum absolute atomic E-state index is 13.7. The van der Waals surface area contributed by atoms with Gasteiger partial charge in [-0.2, -0.15) is 0 Å². The van der Waals surface area contributed by atoms with E-state index < -0.39 is 0 Å². The predicted molar refractivity (Wildman–Crippen MR) is 157 cm³/mol. The molecule has 0 aliphatic carbocycles. The highest BCUT2D eigenvalue weighted by Gasteiger charge is 2.26. The number of thioether (sulfide) groups is 1. The Kier molecular flexibility index (Phi) is 6.99. The van der Waals surface area contributed by atoms with Gasteiger partial charge in [0.25, 0.3) is 11.8 Å². The first-order chi connectivity index (χ1) is 18.6. The number of aromatic nitrogens is 1. The van der Waals surface area contributed by atoms with Gasteiger partial charge < -0.3 is 19.6 Å². The van der Waals surface area contributed by atoms with Crippen LogP contribution < -0.4 is 10.6 Å². The molecule has 0 atom stereocenters. The number of amides is 2. The van der Waals surface area contributed by atoms with Crippen LogP contribution in [0.1, 0.15) is 41.5 Å². The Bertz CT molecular complexity index is 1710. The number of halogens is 1. The molecular weight excluding hydrogens is 513 g/mol. The molecule has 6 nitrogen and oxygen atoms in total. The number of fused-ring (bicyclic) bond motifs is 3. The second-order valence-corrected chi connectivity index (χ2v) is 11.3. The smallest absolute Gasteiger partial charge is 0.255 e. The van der Waals surface area contributed by atoms with Crippen LogP contribution in [0.2, 0.25) is 0 Å². The molecule has 0 bridgehead atoms. The van der Waals surface area contributed by atoms with E-state index in [9.17, 15) is 14.0 Å². The summed E-state index contributed by atoms with van der Waals surface area (Å²) in [5.41, 5.74) is 4.38. The van der Waals surface area contributed by atoms with E-state index in [2.05, 4.69) is 15.2 Å². The Morgan fingerprint density at radius 2 is 1.72 bits per heavy atom. The summed E-state index contributed by atoms with van der Waals surface area (Å²) in [6.07, 6.45) is 4.03. The maximum Gasteiger partial charge on any atom is 0.255 e. The third-order valence-electron chi connectivity index (χ3n) is 6.45. The van der Waals surface area contributed by atoms with Gasteiger partial charge in [-0.05, 0) is 81.1 Å². The Balaban J connectivity index is 1.81. The SMILES string of the molecule is CNC(=O)c1c(-c2ccc(F)cc2)oc2c1cc(-c1cccc(C(=O)NC(C)(C)C)c1)c1c2ccn1CSC. The Hall–Kier alpha value is -4.04. The molecule has 0 fully saturated rings. The number of carbonyl (C=O) groups is 2. The molecule has 5 aromatic rings. The quantitative estimate of drug-likeness (QED) is 0.240. The lowest BCUT2D eigenvalue weighted by molar-refractivity contribution is 0.0918. The summed E-state index contributed by atoms with van der Waals surface area (Å²) < 4.78 is 22.2. The topological polar surface area (TPSA) is 76.3 Å². The van der Waals surface area contributed by atoms with Crippen molar-refractivity contribution in [3.63, 3.8) is 0 Å². The Labute approximate surface area is 230 Å². The van der Waals surface area contributed by atoms with Crippen molar-refractivity contribution in [3.8, 4) is 22.5 Å². The van der Waals surface area contributed by atoms with Crippen molar-refractivity contribution in [1.29, 1.82) is 0 Å². The second-order valence-electron chi connectivity index (χ2n) is 10.4. The lowest BCUT2D eigenvalue weighted by Gasteiger charge is -2.20. The largest absolute Gasteiger partial charge is 0.454 e. The normalized spacial score (nSPS) is 11.7. The van der Waals surface area contributed by atoms with E-state index in [4.69, 9.17) is 4.42 Å². The van der Waals surface area contributed by atoms with Gasteiger partial charge >= 0.3 is 0 Å². The summed E-state index contributed by atoms with van der Waals surface area (Å²) in [4.78, 5) is 26.2. The minimum atomic E-state index is -0.373. The molecular formula is C31H30FN3O3S. The second kappa shape index (κ2) is 10.3. The van der Waals surface area contributed by atoms with Crippen LogP contribution in [0.3, 0.4) is 0 Å². The molecule has 2 aromatic heterocycles. The summed E-state index contributed by atoms with van der Waals surface area (Å²) in [5.74, 6) is 0.249. The zero-order valence-electron chi connectivity index (χ0n) is 22.5. The predicted octanol–water partition coefficient (Wildman–Crippen LogP) is 7.07. The van der Waals surface area contributed by atoms with Gasteiger partial charge in [0.05, 0.1) is 17.0 Å². The van der Waals surface area contributed by atoms with Crippen molar-refractivity contribution in [2.45, 2.75) is 32.2 Å². The van der Waals surface area contributed by atoms with Gasteiger partial charge in [-0.3, -0.25) is 9.59 Å². The lowest BCUT2D eigenvalue weighted by Crippen LogP contribution is -2.40. The van der Waals surface area contributed by atoms with Crippen molar-refractivity contribution in [2.75, 3.05) is 13.3 Å². The van der Waals surface area contributed by atoms with E-state index in [0.29, 0.717) is 39.3 Å². The number of hydrogen-bond acceptors (Lipinski definition) is 4. The minimum Gasteiger partial charge on any atom is -0.454 e. The molecule has 200 valence electrons. The zero-order valence-corrected chi connectivity index (χ0v) is 23.3. The first-order valence-electron chi connectivity index (χ1n) is 12.6. The van der Waals surface area contributed by atoms with E-state index in [1.807, 2.05) is 63.6 Å². The zero-order chi connectivity index (χ0) is 27.9. The molecule has 0 aliphatic heterocycles. The van der Waals surface area contributed by atoms with E-state index in [1.165, 1.54) is 12.1 Å². The highest BCUT2D eigenvalue weighted by molar-refractivity contribution is 7.97. The van der Waals surface area contributed by atoms with Gasteiger partial charge in [0.1, 0.15) is 17.2 Å². The number of furan rings is 1. The van der Waals surface area contributed by atoms with Gasteiger partial charge in [-0.1, -0.05) is 12.1 Å². The van der Waals surface area contributed by atoms with Crippen LogP contribution in [0.4, 0.5) is 4.39 Å². The molecule has 39 heavy (non-hydrogen) atoms. The molecule has 0 spiro atoms. The number of hydrogen-bond donors (Lipinski definition) is 2. The third-order valence-corrected chi connectivity index (χ3v) is 6.99. The number of nitrogens with one attached hydrogen (secondary N) is 2. The number of benzene rings is 3. The fourth-order valence-corrected chi connectivity index (χ4v) is 5.31. The molecule has 8 heteroatoms. The molecule has 2 N–H and O–H groups in total. The molecule has 2 heterocycles. The number of carbonyl (C=O) groups excluding carboxylic acids is 2. The van der Waals surface area contributed by atoms with Gasteiger partial charge in [0, 0.05) is 46.2 Å². The summed E-state index contributed by atoms with van der Waals surface area (Å²) in [5, 5.41) is 7.24. The van der Waals surface area contributed by atoms with Crippen LogP contribution in [-0.4, -0.2) is 35.2 Å². The molecule has 0 saturated heterocycles. The molecule has 0 aliphatic rings. The van der Waals surface area contributed by atoms with E-state index in [1.54, 1.807) is 37.0 Å². The monoisotopic (exact) mass is 543 g/mol. The fourth-order valence-electron chi connectivity index (χ4n) is 4.81. The van der Waals surface area contributed by atoms with Gasteiger partial charge in [-0.25, -0.2) is 4.39 Å². The Morgan fingerprint density at radius 3 is 2.38 bits per heavy atom. The average Bonchev–Trinajstić information content (AvgIpc) is 3.49. The third kappa shape index (κ3) is 5.04. The van der Waals surface area contributed by atoms with Gasteiger partial charge in [-0.15, -0.1) is 11.8 Å². The van der Waals surface area contributed by atoms with Crippen LogP contribution in [0.15, 0.2) is 71.3 Å². The molecule has 3 aromatic carbocycles. The van der Waals surface area contributed by atoms with Crippen LogP contribution in [-0.2, 0) is 5.88 Å². The summed E-state index contributed by atoms with van der Waals surface area (Å²) in [6.45, 7) is 5.83. The summed E-state index contributed by atoms with van der Waals surface area (Å²) >= 11 is 1.68. The summed E-state index contributed by atoms with van der Waals surface area (Å²) in [7, 11) is 1.57. The average molecular weight is 544 g/mol. The lowest BCUT2D eigenvalue weighted by atomic mass is 9.96. The fraction of sp³-hybridized carbons (Fsp3) is 0.226. The van der Waals surface area contributed by atoms with Crippen molar-refractivity contribution in [2.24, 2.45) is 0 Å². The first-order valence-corrected chi connectivity index (χ1v) is 14.0. The molecule has 0 saturated carbocycles. The minimum absolute atomic E-state index is 0.158. The maximum atomic E-state index is 13.7. The van der Waals surface area contributed by atoms with Crippen molar-refractivity contribution in [1.82, 2.24) is 15.2 Å². The van der Waals surface area contributed by atoms with E-state index >= 15 is 0 Å². The summed E-state index contributed by atoms with van der Waals surface area (Å²) in [6, 6.07) is 17.3. The van der Waals surface area contributed by atoms with Crippen LogP contribution in [0.25, 0.3) is 44.3 Å². The van der Waals surface area contributed by atoms with Crippen LogP contribution in [0.5, 0.6) is 0 Å². The van der Waals surface area contributed by atoms with Crippen LogP contribution >= 0.6 is 11.8 Å². The highest BCUT2D eigenvalue weighted by Crippen LogP contribution is 2.42. The van der Waals surface area contributed by atoms with Crippen molar-refractivity contribution >= 4 is 45.4 Å². The molecule has 5 rings (SSSR count). The standard InChI is InChI=1S/C31H30FN3O3S/c1-31(2,3)34-29(36)20-8-6-7-19(15-20)23-16-24-25(30(37)33-4)27(18-9-11-21(32)12-10-18)38-28(24)22-13-14-35(17-39-5)26(22)23/h6-16H,17H2,1-5H3,(H,33,37)(H,34,36). The molecule has 0 radical (unpaired) electrons. The number of nitrogens with zero attached hydrogens (tertiary/aromatic N) is 1. The highest BCUT2D eigenvalue weighted by atomic mass is 32.2. The Morgan fingerprint density at radius 1 is 0.974 bits per heavy atom. The van der Waals surface area contributed by atoms with Gasteiger partial charge in [0.2, 0.25) is 0 Å². The van der Waals surface area contributed by atoms with Crippen molar-refractivity contribution < 1.29 is 18.4 Å². The van der Waals surface area contributed by atoms with Crippen LogP contribution in [0, 0.1) is 5.82 Å². The first kappa shape index (κ1) is 26.6. The molecule has 2 amide bonds. The van der Waals surface area contributed by atoms with E-state index in [0.717, 1.165) is 22.0 Å². The van der Waals surface area contributed by atoms with Gasteiger partial charge in [0.15, 0.2) is 0 Å². The van der Waals surface area contributed by atoms with Crippen molar-refractivity contribution in [3.05, 3.63) is 83.8 Å². The van der Waals surface area contributed by atoms with E-state index in [-0.39, 0.29) is 23.2 Å².